The van der Waals surface area contributed by atoms with Crippen LogP contribution in [-0.2, 0) is 110 Å². The topological polar surface area (TPSA) is 600 Å². The molecule has 111 heavy (non-hydrogen) atoms. The van der Waals surface area contributed by atoms with Crippen molar-refractivity contribution in [3.63, 3.8) is 0 Å². The van der Waals surface area contributed by atoms with Gasteiger partial charge in [-0.1, -0.05) is 85.8 Å². The molecule has 7 amide bonds. The van der Waals surface area contributed by atoms with Crippen LogP contribution in [-0.4, -0.2) is 184 Å². The van der Waals surface area contributed by atoms with Crippen LogP contribution in [0.2, 0.25) is 0 Å². The number of ketones is 6. The molecule has 0 unspecified atom stereocenters. The van der Waals surface area contributed by atoms with Crippen LogP contribution in [0.4, 0.5) is 0 Å². The molecule has 0 saturated heterocycles. The third-order valence-corrected chi connectivity index (χ3v) is 18.5. The Morgan fingerprint density at radius 2 is 0.649 bits per heavy atom. The molecule has 0 radical (unpaired) electrons. The highest BCUT2D eigenvalue weighted by molar-refractivity contribution is 5.99. The number of benzene rings is 3. The van der Waals surface area contributed by atoms with Crippen LogP contribution in [0, 0.1) is 29.6 Å². The molecule has 0 bridgehead atoms. The van der Waals surface area contributed by atoms with E-state index in [0.29, 0.717) is 34.9 Å². The van der Waals surface area contributed by atoms with Crippen molar-refractivity contribution in [3.05, 3.63) is 108 Å². The molecule has 0 spiro atoms. The van der Waals surface area contributed by atoms with Gasteiger partial charge in [0.2, 0.25) is 41.4 Å². The molecular formula is C77H101N9O25. The van der Waals surface area contributed by atoms with Gasteiger partial charge in [-0.25, -0.2) is 0 Å². The summed E-state index contributed by atoms with van der Waals surface area (Å²) in [5, 5.41) is 69.0. The second-order valence-electron chi connectivity index (χ2n) is 27.3. The summed E-state index contributed by atoms with van der Waals surface area (Å²) in [5.41, 5.74) is 19.2. The van der Waals surface area contributed by atoms with E-state index in [4.69, 9.17) is 27.4 Å². The lowest BCUT2D eigenvalue weighted by molar-refractivity contribution is -0.139. The van der Waals surface area contributed by atoms with Crippen molar-refractivity contribution in [2.75, 3.05) is 0 Å². The van der Waals surface area contributed by atoms with E-state index in [1.165, 1.54) is 13.8 Å². The Morgan fingerprint density at radius 3 is 1.01 bits per heavy atom. The van der Waals surface area contributed by atoms with Gasteiger partial charge in [0.05, 0.1) is 36.3 Å². The molecule has 18 N–H and O–H groups in total. The molecule has 604 valence electrons. The van der Waals surface area contributed by atoms with Crippen LogP contribution >= 0.6 is 0 Å². The molecule has 3 aromatic carbocycles. The number of hydrogen-bond donors (Lipinski definition) is 15. The number of hydrogen-bond acceptors (Lipinski definition) is 20. The smallest absolute Gasteiger partial charge is 0.303 e. The molecule has 1 aromatic heterocycles. The first-order chi connectivity index (χ1) is 52.4. The summed E-state index contributed by atoms with van der Waals surface area (Å²) in [6.07, 6.45) is -5.93. The number of primary amides is 2. The summed E-state index contributed by atoms with van der Waals surface area (Å²) in [6.45, 7) is 4.18. The molecule has 0 aliphatic carbocycles. The first-order valence-corrected chi connectivity index (χ1v) is 36.3. The van der Waals surface area contributed by atoms with Crippen LogP contribution in [0.25, 0.3) is 10.9 Å². The molecule has 0 aliphatic rings. The van der Waals surface area contributed by atoms with Gasteiger partial charge in [-0.2, -0.15) is 0 Å². The molecule has 4 aromatic rings. The zero-order valence-electron chi connectivity index (χ0n) is 62.2. The van der Waals surface area contributed by atoms with Crippen molar-refractivity contribution in [1.29, 1.82) is 0 Å². The van der Waals surface area contributed by atoms with E-state index in [1.54, 1.807) is 60.8 Å². The van der Waals surface area contributed by atoms with Crippen LogP contribution in [0.1, 0.15) is 172 Å². The van der Waals surface area contributed by atoms with Gasteiger partial charge >= 0.3 is 35.8 Å². The lowest BCUT2D eigenvalue weighted by Crippen LogP contribution is -2.49. The molecule has 0 saturated carbocycles. The number of carboxylic acid groups (broad SMARTS) is 6. The Morgan fingerprint density at radius 1 is 0.351 bits per heavy atom. The predicted octanol–water partition coefficient (Wildman–Crippen LogP) is 3.16. The summed E-state index contributed by atoms with van der Waals surface area (Å²) < 4.78 is 0. The normalized spacial score (nSPS) is 13.9. The third kappa shape index (κ3) is 36.4. The van der Waals surface area contributed by atoms with Crippen LogP contribution in [0.15, 0.2) is 91.1 Å². The zero-order valence-corrected chi connectivity index (χ0v) is 62.2. The third-order valence-electron chi connectivity index (χ3n) is 18.5. The van der Waals surface area contributed by atoms with Gasteiger partial charge in [-0.05, 0) is 114 Å². The maximum Gasteiger partial charge on any atom is 0.303 e. The van der Waals surface area contributed by atoms with E-state index in [0.717, 1.165) is 5.56 Å². The van der Waals surface area contributed by atoms with Gasteiger partial charge in [0.1, 0.15) is 5.78 Å². The molecule has 11 atom stereocenters. The molecule has 0 aliphatic heterocycles. The fourth-order valence-corrected chi connectivity index (χ4v) is 12.1. The highest BCUT2D eigenvalue weighted by Gasteiger charge is 2.37. The number of nitrogens with two attached hydrogens (primary N) is 3. The number of carbonyl (C=O) groups excluding carboxylic acids is 13. The van der Waals surface area contributed by atoms with E-state index >= 15 is 0 Å². The van der Waals surface area contributed by atoms with Gasteiger partial charge in [-0.15, -0.1) is 0 Å². The summed E-state index contributed by atoms with van der Waals surface area (Å²) in [4.78, 5) is 242. The number of carboxylic acids is 6. The lowest BCUT2D eigenvalue weighted by Gasteiger charge is -2.26. The van der Waals surface area contributed by atoms with Crippen LogP contribution in [0.3, 0.4) is 0 Å². The molecule has 4 rings (SSSR count). The number of rotatable bonds is 55. The number of carbonyl (C=O) groups is 19. The quantitative estimate of drug-likeness (QED) is 0.0302. The highest BCUT2D eigenvalue weighted by atomic mass is 16.4. The summed E-state index contributed by atoms with van der Waals surface area (Å²) >= 11 is 0. The number of Topliss-reactive ketones (excluding diaryl/α,β-unsaturated/α-hetero) is 6. The number of aromatic amines is 1. The van der Waals surface area contributed by atoms with Crippen molar-refractivity contribution in [2.24, 2.45) is 46.8 Å². The van der Waals surface area contributed by atoms with E-state index in [-0.39, 0.29) is 70.6 Å². The second kappa shape index (κ2) is 48.6. The Kier molecular flexibility index (Phi) is 41.0. The van der Waals surface area contributed by atoms with Crippen molar-refractivity contribution < 1.29 is 122 Å². The van der Waals surface area contributed by atoms with E-state index in [2.05, 4.69) is 31.6 Å². The van der Waals surface area contributed by atoms with Crippen LogP contribution in [0.5, 0.6) is 0 Å². The fraction of sp³-hybridized carbons (Fsp3) is 0.494. The second-order valence-corrected chi connectivity index (χ2v) is 27.3. The molecule has 1 heterocycles. The maximum absolute atomic E-state index is 14.4. The highest BCUT2D eigenvalue weighted by Crippen LogP contribution is 2.26. The van der Waals surface area contributed by atoms with E-state index in [1.807, 2.05) is 37.3 Å². The van der Waals surface area contributed by atoms with Gasteiger partial charge in [0, 0.05) is 124 Å². The van der Waals surface area contributed by atoms with Gasteiger partial charge in [0.25, 0.3) is 0 Å². The van der Waals surface area contributed by atoms with E-state index < -0.39 is 248 Å². The Bertz CT molecular complexity index is 3940. The lowest BCUT2D eigenvalue weighted by atomic mass is 9.87. The number of aromatic nitrogens is 1. The van der Waals surface area contributed by atoms with Crippen molar-refractivity contribution in [2.45, 2.75) is 211 Å². The van der Waals surface area contributed by atoms with Crippen LogP contribution < -0.4 is 43.8 Å². The Balaban J connectivity index is 0.000000675. The van der Waals surface area contributed by atoms with E-state index in [9.17, 15) is 112 Å². The predicted molar refractivity (Wildman–Crippen MR) is 396 cm³/mol. The van der Waals surface area contributed by atoms with Gasteiger partial charge in [-0.3, -0.25) is 91.1 Å². The minimum Gasteiger partial charge on any atom is -0.481 e. The van der Waals surface area contributed by atoms with Crippen molar-refractivity contribution in [1.82, 2.24) is 31.6 Å². The number of amides is 7. The average molecular weight is 1550 g/mol. The Labute approximate surface area is 639 Å². The number of aliphatic carboxylic acids is 6. The summed E-state index contributed by atoms with van der Waals surface area (Å²) in [5.74, 6) is -22.4. The standard InChI is InChI=1S/C49H62N6O16.C28H39N3O9/c1-27(56)35(13-18-44(63)64)53-49(71)31(22-32-26-52-36-10-6-5-9-33(32)36)25-41(59)38(15-20-46(67)68)55-48(70)30(21-28-7-3-2-4-8-28)24-40(58)37(14-19-45(65)66)54-47(69)29(11-16-42(51)60)23-39(57)34(50)12-17-43(61)62;1-3-19(15-18-7-5-4-6-8-18)27(39)31-22(11-14-26(37)38)23(33)16-20(9-12-24(29)34)28(40)30-21(17(2)32)10-13-25(35)36/h2-10,26,29-31,34-35,37-38,52H,11-25,50H2,1H3,(H2,51,60)(H,53,71)(H,54,69)(H,55,70)(H,61,62)(H,63,64)(H,65,66)(H,67,68);4-8,19-22H,3,9-16H2,1-2H3,(H2,29,34)(H,30,40)(H,31,39)(H,35,36)(H,37,38)/t29-,30-,31-,34+,35+,37+,38+;19-,20+,21-,22-/m10/s1. The number of H-pyrrole nitrogens is 1. The van der Waals surface area contributed by atoms with Crippen molar-refractivity contribution >= 4 is 123 Å². The monoisotopic (exact) mass is 1550 g/mol. The first-order valence-electron chi connectivity index (χ1n) is 36.3. The first kappa shape index (κ1) is 93.5. The summed E-state index contributed by atoms with van der Waals surface area (Å²) in [7, 11) is 0. The summed E-state index contributed by atoms with van der Waals surface area (Å²) in [6, 6.07) is 16.7. The SMILES string of the molecule is CC(=O)[C@H](CCC(=O)O)NC(=O)[C@@H](CC(=O)[C@H](CCC(=O)O)NC(=O)[C@@H](CC(=O)[C@H](CCC(=O)O)NC(=O)[C@H](CCC(N)=O)CC(=O)[C@@H](N)CCC(=O)O)Cc1ccccc1)Cc1c[nH]c2ccccc12.CC[C@@H](Cc1ccccc1)C(=O)N[C@@H](CCC(=O)O)C(=O)C[C@@H](CCC(N)=O)C(=O)N[C@@H](CCC(=O)O)C(C)=O. The number of fused-ring (bicyclic) bond motifs is 1. The van der Waals surface area contributed by atoms with Gasteiger partial charge in [0.15, 0.2) is 28.9 Å². The number of nitrogens with one attached hydrogen (secondary N) is 6. The minimum absolute atomic E-state index is 0.0889. The molecule has 34 nitrogen and oxygen atoms in total. The number of para-hydroxylation sites is 1. The zero-order chi connectivity index (χ0) is 83.0. The molecule has 34 heteroatoms. The average Bonchev–Trinajstić information content (AvgIpc) is 1.70. The van der Waals surface area contributed by atoms with Gasteiger partial charge < -0.3 is 79.4 Å². The molecular weight excluding hydrogens is 1450 g/mol. The largest absolute Gasteiger partial charge is 0.481 e. The minimum atomic E-state index is -1.58. The molecule has 0 fully saturated rings. The fourth-order valence-electron chi connectivity index (χ4n) is 12.1. The van der Waals surface area contributed by atoms with Crippen molar-refractivity contribution in [3.8, 4) is 0 Å². The maximum atomic E-state index is 14.4. The Hall–Kier alpha value is -11.7.